The summed E-state index contributed by atoms with van der Waals surface area (Å²) in [5.41, 5.74) is 21.0. The number of aryl methyl sites for hydroxylation is 3. The van der Waals surface area contributed by atoms with Crippen molar-refractivity contribution < 1.29 is 19.2 Å². The molecule has 5 aromatic carbocycles. The van der Waals surface area contributed by atoms with Gasteiger partial charge in [0.15, 0.2) is 0 Å². The number of rotatable bonds is 4. The van der Waals surface area contributed by atoms with Gasteiger partial charge in [-0.25, -0.2) is 9.80 Å². The van der Waals surface area contributed by atoms with Crippen LogP contribution in [0.4, 0.5) is 22.7 Å². The number of amides is 4. The van der Waals surface area contributed by atoms with E-state index in [1.54, 1.807) is 61.5 Å². The monoisotopic (exact) mass is 592 g/mol. The lowest BCUT2D eigenvalue weighted by Gasteiger charge is -2.20. The van der Waals surface area contributed by atoms with Crippen molar-refractivity contribution in [2.45, 2.75) is 20.8 Å². The van der Waals surface area contributed by atoms with Gasteiger partial charge in [-0.05, 0) is 126 Å². The van der Waals surface area contributed by atoms with Crippen LogP contribution in [0, 0.1) is 20.8 Å². The summed E-state index contributed by atoms with van der Waals surface area (Å²) in [6.07, 6.45) is 0. The maximum Gasteiger partial charge on any atom is 0.266 e. The molecule has 2 aliphatic rings. The summed E-state index contributed by atoms with van der Waals surface area (Å²) in [5.74, 6) is -1.75. The summed E-state index contributed by atoms with van der Waals surface area (Å²) < 4.78 is 0. The zero-order valence-electron chi connectivity index (χ0n) is 24.8. The number of nitrogens with two attached hydrogens (primary N) is 2. The number of hydrogen-bond donors (Lipinski definition) is 2. The molecule has 4 amide bonds. The van der Waals surface area contributed by atoms with E-state index < -0.39 is 23.6 Å². The Labute approximate surface area is 259 Å². The van der Waals surface area contributed by atoms with Gasteiger partial charge in [-0.3, -0.25) is 19.2 Å². The van der Waals surface area contributed by atoms with E-state index in [0.717, 1.165) is 43.2 Å². The molecule has 220 valence electrons. The van der Waals surface area contributed by atoms with Gasteiger partial charge in [0, 0.05) is 11.4 Å². The Morgan fingerprint density at radius 2 is 0.867 bits per heavy atom. The average molecular weight is 593 g/mol. The lowest BCUT2D eigenvalue weighted by Crippen LogP contribution is -2.31. The Morgan fingerprint density at radius 3 is 1.36 bits per heavy atom. The van der Waals surface area contributed by atoms with Gasteiger partial charge in [0.2, 0.25) is 0 Å². The molecule has 0 aromatic heterocycles. The summed E-state index contributed by atoms with van der Waals surface area (Å²) in [7, 11) is 0. The number of hydrogen-bond acceptors (Lipinski definition) is 6. The highest BCUT2D eigenvalue weighted by atomic mass is 16.2. The van der Waals surface area contributed by atoms with E-state index in [9.17, 15) is 19.2 Å². The minimum Gasteiger partial charge on any atom is -0.399 e. The van der Waals surface area contributed by atoms with E-state index in [4.69, 9.17) is 11.5 Å². The van der Waals surface area contributed by atoms with Crippen molar-refractivity contribution >= 4 is 46.4 Å². The van der Waals surface area contributed by atoms with Gasteiger partial charge in [-0.2, -0.15) is 0 Å². The van der Waals surface area contributed by atoms with Crippen LogP contribution in [0.15, 0.2) is 91.0 Å². The number of carbonyl (C=O) groups is 4. The normalized spacial score (nSPS) is 13.9. The third kappa shape index (κ3) is 4.30. The van der Waals surface area contributed by atoms with Crippen molar-refractivity contribution in [3.05, 3.63) is 130 Å². The number of imide groups is 2. The fourth-order valence-electron chi connectivity index (χ4n) is 6.32. The Morgan fingerprint density at radius 1 is 0.422 bits per heavy atom. The summed E-state index contributed by atoms with van der Waals surface area (Å²) in [6.45, 7) is 5.62. The average Bonchev–Trinajstić information content (AvgIpc) is 3.40. The highest BCUT2D eigenvalue weighted by Crippen LogP contribution is 2.38. The fraction of sp³-hybridized carbons (Fsp3) is 0.0811. The van der Waals surface area contributed by atoms with Crippen LogP contribution in [0.2, 0.25) is 0 Å². The van der Waals surface area contributed by atoms with Crippen molar-refractivity contribution in [1.82, 2.24) is 0 Å². The number of benzene rings is 5. The molecule has 4 N–H and O–H groups in total. The second kappa shape index (κ2) is 10.0. The Hall–Kier alpha value is -6.02. The third-order valence-electron chi connectivity index (χ3n) is 8.58. The van der Waals surface area contributed by atoms with Crippen LogP contribution in [-0.2, 0) is 0 Å². The SMILES string of the molecule is Cc1cc(N)ccc1-c1ccc2c(c1)C(=O)N(c1ccc(N3C(=O)c4ccc(-c5ccc(N)cc5C)cc4C3=O)c(C)c1)C2=O. The molecule has 2 aliphatic heterocycles. The molecule has 5 aromatic rings. The number of nitrogens with zero attached hydrogens (tertiary/aromatic N) is 2. The van der Waals surface area contributed by atoms with Crippen molar-refractivity contribution in [2.24, 2.45) is 0 Å². The van der Waals surface area contributed by atoms with Gasteiger partial charge < -0.3 is 11.5 Å². The molecule has 0 atom stereocenters. The summed E-state index contributed by atoms with van der Waals surface area (Å²) >= 11 is 0. The molecule has 0 radical (unpaired) electrons. The van der Waals surface area contributed by atoms with Gasteiger partial charge in [0.1, 0.15) is 0 Å². The summed E-state index contributed by atoms with van der Waals surface area (Å²) in [5, 5.41) is 0. The lowest BCUT2D eigenvalue weighted by molar-refractivity contribution is 0.0909. The molecular weight excluding hydrogens is 564 g/mol. The van der Waals surface area contributed by atoms with Crippen molar-refractivity contribution in [1.29, 1.82) is 0 Å². The van der Waals surface area contributed by atoms with E-state index >= 15 is 0 Å². The Bertz CT molecular complexity index is 2170. The van der Waals surface area contributed by atoms with Gasteiger partial charge in [0.05, 0.1) is 33.6 Å². The predicted octanol–water partition coefficient (Wildman–Crippen LogP) is 6.71. The zero-order chi connectivity index (χ0) is 31.7. The molecular formula is C37H28N4O4. The molecule has 8 heteroatoms. The lowest BCUT2D eigenvalue weighted by atomic mass is 9.96. The quantitative estimate of drug-likeness (QED) is 0.176. The molecule has 0 saturated heterocycles. The number of nitrogen functional groups attached to an aromatic ring is 2. The first-order chi connectivity index (χ1) is 21.5. The Kier molecular flexibility index (Phi) is 6.19. The minimum atomic E-state index is -0.441. The molecule has 0 aliphatic carbocycles. The van der Waals surface area contributed by atoms with Crippen LogP contribution < -0.4 is 21.3 Å². The Balaban J connectivity index is 1.19. The van der Waals surface area contributed by atoms with Gasteiger partial charge >= 0.3 is 0 Å². The molecule has 0 saturated carbocycles. The fourth-order valence-corrected chi connectivity index (χ4v) is 6.32. The van der Waals surface area contributed by atoms with Gasteiger partial charge in [-0.1, -0.05) is 24.3 Å². The van der Waals surface area contributed by atoms with Crippen LogP contribution in [0.5, 0.6) is 0 Å². The standard InChI is InChI=1S/C37H28N4O4/c1-19-14-24(38)6-11-27(19)22-4-9-29-31(17-22)36(44)40(34(29)42)26-8-13-33(21(3)16-26)41-35(43)30-10-5-23(18-32(30)37(41)45)28-12-7-25(39)15-20(28)2/h4-18H,38-39H2,1-3H3. The largest absolute Gasteiger partial charge is 0.399 e. The highest BCUT2D eigenvalue weighted by Gasteiger charge is 2.40. The molecule has 2 heterocycles. The van der Waals surface area contributed by atoms with Gasteiger partial charge in [0.25, 0.3) is 23.6 Å². The van der Waals surface area contributed by atoms with Crippen molar-refractivity contribution in [3.63, 3.8) is 0 Å². The second-order valence-corrected chi connectivity index (χ2v) is 11.5. The molecule has 0 bridgehead atoms. The topological polar surface area (TPSA) is 127 Å². The molecule has 7 rings (SSSR count). The minimum absolute atomic E-state index is 0.308. The van der Waals surface area contributed by atoms with Crippen molar-refractivity contribution in [2.75, 3.05) is 21.3 Å². The number of carbonyl (C=O) groups excluding carboxylic acids is 4. The first kappa shape index (κ1) is 27.8. The highest BCUT2D eigenvalue weighted by molar-refractivity contribution is 6.36. The van der Waals surface area contributed by atoms with E-state index in [-0.39, 0.29) is 0 Å². The summed E-state index contributed by atoms with van der Waals surface area (Å²) in [6, 6.07) is 26.4. The van der Waals surface area contributed by atoms with E-state index in [0.29, 0.717) is 50.6 Å². The first-order valence-electron chi connectivity index (χ1n) is 14.4. The molecule has 0 fully saturated rings. The van der Waals surface area contributed by atoms with Crippen LogP contribution >= 0.6 is 0 Å². The van der Waals surface area contributed by atoms with Gasteiger partial charge in [-0.15, -0.1) is 0 Å². The van der Waals surface area contributed by atoms with E-state index in [2.05, 4.69) is 0 Å². The first-order valence-corrected chi connectivity index (χ1v) is 14.4. The van der Waals surface area contributed by atoms with Crippen LogP contribution in [0.1, 0.15) is 58.1 Å². The predicted molar refractivity (Wildman–Crippen MR) is 176 cm³/mol. The number of anilines is 4. The molecule has 8 nitrogen and oxygen atoms in total. The third-order valence-corrected chi connectivity index (χ3v) is 8.58. The maximum atomic E-state index is 13.6. The van der Waals surface area contributed by atoms with Crippen molar-refractivity contribution in [3.8, 4) is 22.3 Å². The maximum absolute atomic E-state index is 13.6. The molecule has 0 spiro atoms. The van der Waals surface area contributed by atoms with Crippen LogP contribution in [0.3, 0.4) is 0 Å². The molecule has 45 heavy (non-hydrogen) atoms. The zero-order valence-corrected chi connectivity index (χ0v) is 24.8. The van der Waals surface area contributed by atoms with Crippen LogP contribution in [0.25, 0.3) is 22.3 Å². The van der Waals surface area contributed by atoms with Crippen LogP contribution in [-0.4, -0.2) is 23.6 Å². The second-order valence-electron chi connectivity index (χ2n) is 11.5. The van der Waals surface area contributed by atoms with E-state index in [1.165, 1.54) is 0 Å². The molecule has 0 unspecified atom stereocenters. The summed E-state index contributed by atoms with van der Waals surface area (Å²) in [4.78, 5) is 56.4. The number of fused-ring (bicyclic) bond motifs is 2. The smallest absolute Gasteiger partial charge is 0.266 e. The van der Waals surface area contributed by atoms with E-state index in [1.807, 2.05) is 50.2 Å².